The molecule has 0 aliphatic carbocycles. The molecule has 0 atom stereocenters. The maximum Gasteiger partial charge on any atom is 0.435 e. The predicted octanol–water partition coefficient (Wildman–Crippen LogP) is -2.02. The van der Waals surface area contributed by atoms with Crippen molar-refractivity contribution in [1.29, 1.82) is 0 Å². The second-order valence-electron chi connectivity index (χ2n) is 2.38. The molecule has 0 aliphatic heterocycles. The molecule has 0 aromatic heterocycles. The second-order valence-corrected chi connectivity index (χ2v) is 2.38. The minimum Gasteiger partial charge on any atom is -0.480 e. The second kappa shape index (κ2) is 9.97. The molecule has 0 saturated carbocycles. The Hall–Kier alpha value is -1.12. The summed E-state index contributed by atoms with van der Waals surface area (Å²) in [6.07, 6.45) is 0. The van der Waals surface area contributed by atoms with Crippen LogP contribution >= 0.6 is 0 Å². The molecule has 3 N–H and O–H groups in total. The lowest BCUT2D eigenvalue weighted by molar-refractivity contribution is -0.141. The first-order valence-electron chi connectivity index (χ1n) is 3.66. The topological polar surface area (TPSA) is 107 Å². The smallest absolute Gasteiger partial charge is 0.435 e. The standard InChI is InChI=1S/C5H9NO4.CH5BO2/c1-6(2-4(7)8)3-5(9)10;1-4-2-3/h2-3H2,1H3,(H,7,8)(H,9,10);2-3H,1H3. The Morgan fingerprint density at radius 3 is 1.71 bits per heavy atom. The zero-order valence-corrected chi connectivity index (χ0v) is 8.13. The Bertz CT molecular complexity index is 158. The number of aliphatic carboxylic acids is 2. The van der Waals surface area contributed by atoms with Crippen molar-refractivity contribution >= 4 is 19.6 Å². The van der Waals surface area contributed by atoms with Crippen molar-refractivity contribution in [3.63, 3.8) is 0 Å². The molecule has 0 rings (SSSR count). The van der Waals surface area contributed by atoms with Gasteiger partial charge in [0.1, 0.15) is 0 Å². The third-order valence-corrected chi connectivity index (χ3v) is 0.939. The molecular weight excluding hydrogens is 193 g/mol. The summed E-state index contributed by atoms with van der Waals surface area (Å²) in [6, 6.07) is 0. The Morgan fingerprint density at radius 2 is 1.57 bits per heavy atom. The number of carbonyl (C=O) groups is 2. The molecular formula is C6H14BNO6. The van der Waals surface area contributed by atoms with Crippen LogP contribution in [-0.4, -0.2) is 67.0 Å². The number of likely N-dealkylation sites (N-methyl/N-ethyl adjacent to an activating group) is 1. The van der Waals surface area contributed by atoms with E-state index < -0.39 is 11.9 Å². The van der Waals surface area contributed by atoms with E-state index >= 15 is 0 Å². The van der Waals surface area contributed by atoms with Crippen LogP contribution in [-0.2, 0) is 14.2 Å². The molecule has 8 heteroatoms. The molecule has 14 heavy (non-hydrogen) atoms. The number of carboxylic acid groups (broad SMARTS) is 2. The lowest BCUT2D eigenvalue weighted by Gasteiger charge is -2.08. The summed E-state index contributed by atoms with van der Waals surface area (Å²) in [6.45, 7) is -0.488. The molecule has 0 bridgehead atoms. The fourth-order valence-corrected chi connectivity index (χ4v) is 0.518. The largest absolute Gasteiger partial charge is 0.480 e. The summed E-state index contributed by atoms with van der Waals surface area (Å²) in [4.78, 5) is 21.1. The zero-order chi connectivity index (χ0) is 11.6. The van der Waals surface area contributed by atoms with E-state index in [-0.39, 0.29) is 20.8 Å². The van der Waals surface area contributed by atoms with Crippen LogP contribution in [0.3, 0.4) is 0 Å². The first-order chi connectivity index (χ1) is 6.43. The van der Waals surface area contributed by atoms with E-state index in [1.165, 1.54) is 19.1 Å². The summed E-state index contributed by atoms with van der Waals surface area (Å²) >= 11 is 0. The average molecular weight is 207 g/mol. The van der Waals surface area contributed by atoms with Gasteiger partial charge in [0.05, 0.1) is 13.1 Å². The predicted molar refractivity (Wildman–Crippen MR) is 49.1 cm³/mol. The van der Waals surface area contributed by atoms with E-state index in [1.807, 2.05) is 0 Å². The first-order valence-corrected chi connectivity index (χ1v) is 3.66. The van der Waals surface area contributed by atoms with E-state index in [0.29, 0.717) is 0 Å². The van der Waals surface area contributed by atoms with Crippen LogP contribution in [0.4, 0.5) is 0 Å². The van der Waals surface area contributed by atoms with Crippen LogP contribution in [0.25, 0.3) is 0 Å². The molecule has 0 unspecified atom stereocenters. The van der Waals surface area contributed by atoms with Crippen molar-refractivity contribution in [2.24, 2.45) is 0 Å². The Kier molecular flexibility index (Phi) is 10.9. The average Bonchev–Trinajstić information content (AvgIpc) is 2.01. The minimum atomic E-state index is -1.02. The van der Waals surface area contributed by atoms with Gasteiger partial charge in [-0.05, 0) is 7.05 Å². The van der Waals surface area contributed by atoms with Crippen molar-refractivity contribution in [1.82, 2.24) is 4.90 Å². The van der Waals surface area contributed by atoms with Gasteiger partial charge >= 0.3 is 19.6 Å². The fourth-order valence-electron chi connectivity index (χ4n) is 0.518. The van der Waals surface area contributed by atoms with Crippen molar-refractivity contribution in [3.8, 4) is 0 Å². The molecule has 0 radical (unpaired) electrons. The number of carboxylic acids is 2. The van der Waals surface area contributed by atoms with E-state index in [4.69, 9.17) is 15.2 Å². The third-order valence-electron chi connectivity index (χ3n) is 0.939. The third kappa shape index (κ3) is 17.1. The summed E-state index contributed by atoms with van der Waals surface area (Å²) < 4.78 is 4.10. The highest BCUT2D eigenvalue weighted by molar-refractivity contribution is 6.15. The summed E-state index contributed by atoms with van der Waals surface area (Å²) in [5.74, 6) is -2.05. The maximum atomic E-state index is 9.96. The van der Waals surface area contributed by atoms with Crippen LogP contribution in [0.15, 0.2) is 0 Å². The Labute approximate surface area is 82.2 Å². The van der Waals surface area contributed by atoms with Crippen molar-refractivity contribution in [2.75, 3.05) is 27.2 Å². The summed E-state index contributed by atoms with van der Waals surface area (Å²) in [5, 5.41) is 24.0. The van der Waals surface area contributed by atoms with Crippen LogP contribution in [0, 0.1) is 0 Å². The molecule has 7 nitrogen and oxygen atoms in total. The van der Waals surface area contributed by atoms with E-state index in [9.17, 15) is 9.59 Å². The highest BCUT2D eigenvalue weighted by Gasteiger charge is 2.06. The zero-order valence-electron chi connectivity index (χ0n) is 8.13. The van der Waals surface area contributed by atoms with Crippen LogP contribution in [0.5, 0.6) is 0 Å². The minimum absolute atomic E-state index is 0.181. The maximum absolute atomic E-state index is 9.96. The van der Waals surface area contributed by atoms with Crippen LogP contribution in [0.2, 0.25) is 0 Å². The SMILES string of the molecule is CN(CC(=O)O)CC(=O)O.COBO. The molecule has 0 aromatic carbocycles. The van der Waals surface area contributed by atoms with Gasteiger partial charge in [0.25, 0.3) is 0 Å². The molecule has 82 valence electrons. The van der Waals surface area contributed by atoms with Gasteiger partial charge in [-0.15, -0.1) is 0 Å². The highest BCUT2D eigenvalue weighted by Crippen LogP contribution is 1.80. The van der Waals surface area contributed by atoms with E-state index in [0.717, 1.165) is 0 Å². The van der Waals surface area contributed by atoms with E-state index in [1.54, 1.807) is 0 Å². The monoisotopic (exact) mass is 207 g/mol. The van der Waals surface area contributed by atoms with Gasteiger partial charge in [0, 0.05) is 7.11 Å². The molecule has 0 aromatic rings. The Balaban J connectivity index is 0. The number of hydrogen-bond acceptors (Lipinski definition) is 5. The van der Waals surface area contributed by atoms with Gasteiger partial charge in [-0.25, -0.2) is 0 Å². The number of rotatable bonds is 5. The lowest BCUT2D eigenvalue weighted by atomic mass is 10.4. The van der Waals surface area contributed by atoms with Gasteiger partial charge in [0.15, 0.2) is 0 Å². The first kappa shape index (κ1) is 15.4. The summed E-state index contributed by atoms with van der Waals surface area (Å²) in [7, 11) is 2.68. The van der Waals surface area contributed by atoms with Gasteiger partial charge in [0.2, 0.25) is 0 Å². The number of hydrogen-bond donors (Lipinski definition) is 3. The van der Waals surface area contributed by atoms with Gasteiger partial charge in [-0.3, -0.25) is 14.5 Å². The van der Waals surface area contributed by atoms with Gasteiger partial charge in [-0.1, -0.05) is 0 Å². The Morgan fingerprint density at radius 1 is 1.29 bits per heavy atom. The van der Waals surface area contributed by atoms with Crippen LogP contribution < -0.4 is 0 Å². The highest BCUT2D eigenvalue weighted by atomic mass is 16.5. The molecule has 0 heterocycles. The van der Waals surface area contributed by atoms with Crippen molar-refractivity contribution in [2.45, 2.75) is 0 Å². The fraction of sp³-hybridized carbons (Fsp3) is 0.667. The lowest BCUT2D eigenvalue weighted by Crippen LogP contribution is -2.30. The molecule has 0 fully saturated rings. The molecule has 0 amide bonds. The molecule has 0 saturated heterocycles. The quantitative estimate of drug-likeness (QED) is 0.446. The number of nitrogens with zero attached hydrogens (tertiary/aromatic N) is 1. The van der Waals surface area contributed by atoms with Crippen molar-refractivity contribution in [3.05, 3.63) is 0 Å². The van der Waals surface area contributed by atoms with Crippen LogP contribution in [0.1, 0.15) is 0 Å². The van der Waals surface area contributed by atoms with Gasteiger partial charge in [-0.2, -0.15) is 0 Å². The molecule has 0 spiro atoms. The van der Waals surface area contributed by atoms with Crippen molar-refractivity contribution < 1.29 is 29.5 Å². The van der Waals surface area contributed by atoms with E-state index in [2.05, 4.69) is 4.65 Å². The van der Waals surface area contributed by atoms with Gasteiger partial charge < -0.3 is 19.9 Å². The normalized spacial score (nSPS) is 8.86. The summed E-state index contributed by atoms with van der Waals surface area (Å²) in [5.41, 5.74) is 0. The molecule has 0 aliphatic rings.